The fourth-order valence-corrected chi connectivity index (χ4v) is 2.31. The Morgan fingerprint density at radius 2 is 2.28 bits per heavy atom. The van der Waals surface area contributed by atoms with E-state index >= 15 is 0 Å². The third kappa shape index (κ3) is 3.47. The molecule has 0 unspecified atom stereocenters. The van der Waals surface area contributed by atoms with Crippen molar-refractivity contribution < 1.29 is 4.74 Å². The van der Waals surface area contributed by atoms with Crippen molar-refractivity contribution in [3.63, 3.8) is 0 Å². The molecular formula is C14H18N2OS. The smallest absolute Gasteiger partial charge is 0.121 e. The molecule has 2 aromatic rings. The molecule has 0 saturated carbocycles. The zero-order chi connectivity index (χ0) is 12.8. The molecule has 96 valence electrons. The number of anilines is 1. The van der Waals surface area contributed by atoms with Crippen molar-refractivity contribution in [3.8, 4) is 5.75 Å². The fraction of sp³-hybridized carbons (Fsp3) is 0.357. The minimum absolute atomic E-state index is 0.761. The second kappa shape index (κ2) is 6.40. The van der Waals surface area contributed by atoms with E-state index in [1.165, 1.54) is 4.88 Å². The summed E-state index contributed by atoms with van der Waals surface area (Å²) in [7, 11) is 0. The summed E-state index contributed by atoms with van der Waals surface area (Å²) < 4.78 is 5.61. The number of aryl methyl sites for hydroxylation is 1. The van der Waals surface area contributed by atoms with Crippen LogP contribution in [-0.4, -0.2) is 11.6 Å². The summed E-state index contributed by atoms with van der Waals surface area (Å²) in [5.41, 5.74) is 4.06. The average molecular weight is 262 g/mol. The highest BCUT2D eigenvalue weighted by Gasteiger charge is 2.01. The number of aromatic nitrogens is 1. The molecule has 4 heteroatoms. The zero-order valence-corrected chi connectivity index (χ0v) is 11.6. The standard InChI is InChI=1S/C14H18N2OS/c1-3-7-17-13-6-4-5-12(8-13)15-9-14-11(2)16-10-18-14/h4-6,8,10,15H,3,7,9H2,1-2H3. The minimum atomic E-state index is 0.761. The van der Waals surface area contributed by atoms with Crippen LogP contribution in [0.2, 0.25) is 0 Å². The van der Waals surface area contributed by atoms with E-state index in [1.54, 1.807) is 11.3 Å². The quantitative estimate of drug-likeness (QED) is 0.858. The predicted molar refractivity (Wildman–Crippen MR) is 76.4 cm³/mol. The van der Waals surface area contributed by atoms with Gasteiger partial charge >= 0.3 is 0 Å². The molecule has 0 fully saturated rings. The maximum absolute atomic E-state index is 5.61. The normalized spacial score (nSPS) is 10.3. The van der Waals surface area contributed by atoms with E-state index in [-0.39, 0.29) is 0 Å². The molecule has 0 spiro atoms. The number of hydrogen-bond acceptors (Lipinski definition) is 4. The van der Waals surface area contributed by atoms with Gasteiger partial charge in [0, 0.05) is 16.6 Å². The maximum Gasteiger partial charge on any atom is 0.121 e. The van der Waals surface area contributed by atoms with Gasteiger partial charge in [-0.2, -0.15) is 0 Å². The molecule has 1 aromatic carbocycles. The van der Waals surface area contributed by atoms with E-state index < -0.39 is 0 Å². The molecule has 0 aliphatic heterocycles. The van der Waals surface area contributed by atoms with Gasteiger partial charge in [-0.05, 0) is 25.5 Å². The lowest BCUT2D eigenvalue weighted by molar-refractivity contribution is 0.317. The molecule has 2 rings (SSSR count). The Kier molecular flexibility index (Phi) is 4.59. The van der Waals surface area contributed by atoms with Gasteiger partial charge in [0.1, 0.15) is 5.75 Å². The van der Waals surface area contributed by atoms with E-state index in [4.69, 9.17) is 4.74 Å². The summed E-state index contributed by atoms with van der Waals surface area (Å²) in [5, 5.41) is 3.40. The highest BCUT2D eigenvalue weighted by atomic mass is 32.1. The minimum Gasteiger partial charge on any atom is -0.494 e. The van der Waals surface area contributed by atoms with Gasteiger partial charge in [-0.25, -0.2) is 4.98 Å². The van der Waals surface area contributed by atoms with Crippen molar-refractivity contribution in [1.29, 1.82) is 0 Å². The lowest BCUT2D eigenvalue weighted by Gasteiger charge is -2.08. The second-order valence-electron chi connectivity index (χ2n) is 4.09. The molecule has 0 atom stereocenters. The largest absolute Gasteiger partial charge is 0.494 e. The lowest BCUT2D eigenvalue weighted by atomic mass is 10.3. The zero-order valence-electron chi connectivity index (χ0n) is 10.8. The maximum atomic E-state index is 5.61. The van der Waals surface area contributed by atoms with Crippen LogP contribution in [-0.2, 0) is 6.54 Å². The summed E-state index contributed by atoms with van der Waals surface area (Å²) in [4.78, 5) is 5.51. The van der Waals surface area contributed by atoms with Crippen LogP contribution in [0, 0.1) is 6.92 Å². The van der Waals surface area contributed by atoms with Gasteiger partial charge in [0.2, 0.25) is 0 Å². The number of nitrogens with zero attached hydrogens (tertiary/aromatic N) is 1. The summed E-state index contributed by atoms with van der Waals surface area (Å²) in [6.45, 7) is 5.72. The Morgan fingerprint density at radius 3 is 3.00 bits per heavy atom. The van der Waals surface area contributed by atoms with Gasteiger partial charge in [-0.15, -0.1) is 11.3 Å². The first-order chi connectivity index (χ1) is 8.79. The summed E-state index contributed by atoms with van der Waals surface area (Å²) in [6, 6.07) is 8.08. The Bertz CT molecular complexity index is 496. The Morgan fingerprint density at radius 1 is 1.39 bits per heavy atom. The first kappa shape index (κ1) is 12.9. The van der Waals surface area contributed by atoms with E-state index in [2.05, 4.69) is 23.3 Å². The van der Waals surface area contributed by atoms with Gasteiger partial charge < -0.3 is 10.1 Å². The Hall–Kier alpha value is -1.55. The number of thiazole rings is 1. The van der Waals surface area contributed by atoms with Crippen molar-refractivity contribution in [1.82, 2.24) is 4.98 Å². The lowest BCUT2D eigenvalue weighted by Crippen LogP contribution is -2.00. The molecule has 1 heterocycles. The number of nitrogens with one attached hydrogen (secondary N) is 1. The topological polar surface area (TPSA) is 34.1 Å². The highest BCUT2D eigenvalue weighted by Crippen LogP contribution is 2.19. The molecule has 0 aliphatic rings. The van der Waals surface area contributed by atoms with Crippen LogP contribution >= 0.6 is 11.3 Å². The Labute approximate surface area is 112 Å². The number of rotatable bonds is 6. The summed E-state index contributed by atoms with van der Waals surface area (Å²) >= 11 is 1.68. The van der Waals surface area contributed by atoms with Crippen molar-refractivity contribution in [2.75, 3.05) is 11.9 Å². The van der Waals surface area contributed by atoms with Gasteiger partial charge in [-0.1, -0.05) is 13.0 Å². The molecule has 0 aliphatic carbocycles. The molecular weight excluding hydrogens is 244 g/mol. The number of hydrogen-bond donors (Lipinski definition) is 1. The molecule has 1 N–H and O–H groups in total. The van der Waals surface area contributed by atoms with Crippen LogP contribution in [0.25, 0.3) is 0 Å². The van der Waals surface area contributed by atoms with Gasteiger partial charge in [0.15, 0.2) is 0 Å². The van der Waals surface area contributed by atoms with Gasteiger partial charge in [0.05, 0.1) is 24.4 Å². The van der Waals surface area contributed by atoms with Crippen LogP contribution in [0.5, 0.6) is 5.75 Å². The predicted octanol–water partition coefficient (Wildman–Crippen LogP) is 3.85. The molecule has 3 nitrogen and oxygen atoms in total. The molecule has 0 bridgehead atoms. The van der Waals surface area contributed by atoms with Crippen LogP contribution in [0.15, 0.2) is 29.8 Å². The Balaban J connectivity index is 1.95. The van der Waals surface area contributed by atoms with E-state index in [9.17, 15) is 0 Å². The number of benzene rings is 1. The van der Waals surface area contributed by atoms with Crippen molar-refractivity contribution in [3.05, 3.63) is 40.3 Å². The molecule has 1 aromatic heterocycles. The first-order valence-electron chi connectivity index (χ1n) is 6.15. The van der Waals surface area contributed by atoms with E-state index in [1.807, 2.05) is 30.6 Å². The van der Waals surface area contributed by atoms with Crippen molar-refractivity contribution in [2.24, 2.45) is 0 Å². The molecule has 0 radical (unpaired) electrons. The molecule has 0 saturated heterocycles. The summed E-state index contributed by atoms with van der Waals surface area (Å²) in [6.07, 6.45) is 1.03. The third-order valence-corrected chi connectivity index (χ3v) is 3.54. The van der Waals surface area contributed by atoms with Crippen LogP contribution in [0.4, 0.5) is 5.69 Å². The average Bonchev–Trinajstić information content (AvgIpc) is 2.80. The first-order valence-corrected chi connectivity index (χ1v) is 7.03. The monoisotopic (exact) mass is 262 g/mol. The van der Waals surface area contributed by atoms with Crippen LogP contribution < -0.4 is 10.1 Å². The van der Waals surface area contributed by atoms with Crippen LogP contribution in [0.3, 0.4) is 0 Å². The molecule has 0 amide bonds. The van der Waals surface area contributed by atoms with E-state index in [0.29, 0.717) is 0 Å². The fourth-order valence-electron chi connectivity index (χ4n) is 1.59. The second-order valence-corrected chi connectivity index (χ2v) is 5.03. The molecule has 18 heavy (non-hydrogen) atoms. The van der Waals surface area contributed by atoms with Crippen molar-refractivity contribution >= 4 is 17.0 Å². The highest BCUT2D eigenvalue weighted by molar-refractivity contribution is 7.09. The van der Waals surface area contributed by atoms with Gasteiger partial charge in [-0.3, -0.25) is 0 Å². The summed E-state index contributed by atoms with van der Waals surface area (Å²) in [5.74, 6) is 0.919. The van der Waals surface area contributed by atoms with Crippen LogP contribution in [0.1, 0.15) is 23.9 Å². The van der Waals surface area contributed by atoms with E-state index in [0.717, 1.165) is 36.7 Å². The third-order valence-electron chi connectivity index (χ3n) is 2.60. The van der Waals surface area contributed by atoms with Gasteiger partial charge in [0.25, 0.3) is 0 Å². The van der Waals surface area contributed by atoms with Crippen molar-refractivity contribution in [2.45, 2.75) is 26.8 Å². The number of ether oxygens (including phenoxy) is 1. The SMILES string of the molecule is CCCOc1cccc(NCc2scnc2C)c1.